The molecule has 116 valence electrons. The molecule has 21 heavy (non-hydrogen) atoms. The Morgan fingerprint density at radius 3 is 2.19 bits per heavy atom. The van der Waals surface area contributed by atoms with E-state index < -0.39 is 5.97 Å². The van der Waals surface area contributed by atoms with E-state index in [1.165, 1.54) is 4.90 Å². The summed E-state index contributed by atoms with van der Waals surface area (Å²) in [6, 6.07) is 4.99. The first-order chi connectivity index (χ1) is 9.81. The van der Waals surface area contributed by atoms with Crippen LogP contribution < -0.4 is 0 Å². The molecule has 0 bridgehead atoms. The highest BCUT2D eigenvalue weighted by Crippen LogP contribution is 2.25. The molecule has 1 amide bonds. The molecule has 0 aliphatic rings. The van der Waals surface area contributed by atoms with Crippen molar-refractivity contribution in [2.45, 2.75) is 6.42 Å². The first-order valence-corrected chi connectivity index (χ1v) is 7.14. The SMILES string of the molecule is CN(C)CCN(CC(=O)O)C(=O)Cc1c(Cl)cccc1Cl. The van der Waals surface area contributed by atoms with Crippen molar-refractivity contribution in [2.75, 3.05) is 33.7 Å². The second-order valence-corrected chi connectivity index (χ2v) is 5.70. The van der Waals surface area contributed by atoms with Crippen molar-refractivity contribution < 1.29 is 14.7 Å². The number of carbonyl (C=O) groups excluding carboxylic acids is 1. The van der Waals surface area contributed by atoms with Gasteiger partial charge >= 0.3 is 5.97 Å². The van der Waals surface area contributed by atoms with Gasteiger partial charge in [-0.05, 0) is 31.8 Å². The van der Waals surface area contributed by atoms with Crippen molar-refractivity contribution in [3.63, 3.8) is 0 Å². The largest absolute Gasteiger partial charge is 0.480 e. The maximum absolute atomic E-state index is 12.3. The average Bonchev–Trinajstić information content (AvgIpc) is 2.38. The monoisotopic (exact) mass is 332 g/mol. The van der Waals surface area contributed by atoms with Crippen LogP contribution in [0.3, 0.4) is 0 Å². The summed E-state index contributed by atoms with van der Waals surface area (Å²) in [6.07, 6.45) is -0.0147. The minimum atomic E-state index is -1.05. The zero-order valence-electron chi connectivity index (χ0n) is 12.0. The van der Waals surface area contributed by atoms with Gasteiger partial charge in [0.05, 0.1) is 6.42 Å². The Kier molecular flexibility index (Phi) is 6.95. The van der Waals surface area contributed by atoms with Gasteiger partial charge in [-0.1, -0.05) is 29.3 Å². The lowest BCUT2D eigenvalue weighted by molar-refractivity contribution is -0.144. The lowest BCUT2D eigenvalue weighted by Gasteiger charge is -2.23. The summed E-state index contributed by atoms with van der Waals surface area (Å²) in [5, 5.41) is 9.72. The van der Waals surface area contributed by atoms with E-state index in [0.29, 0.717) is 28.7 Å². The van der Waals surface area contributed by atoms with E-state index in [-0.39, 0.29) is 18.9 Å². The molecule has 0 spiro atoms. The number of carbonyl (C=O) groups is 2. The number of carboxylic acids is 1. The molecule has 1 aromatic carbocycles. The fourth-order valence-corrected chi connectivity index (χ4v) is 2.27. The maximum atomic E-state index is 12.3. The molecule has 0 atom stereocenters. The molecule has 0 unspecified atom stereocenters. The second kappa shape index (κ2) is 8.22. The van der Waals surface area contributed by atoms with Crippen LogP contribution in [-0.4, -0.2) is 60.5 Å². The van der Waals surface area contributed by atoms with E-state index in [1.54, 1.807) is 18.2 Å². The van der Waals surface area contributed by atoms with Crippen LogP contribution in [0.15, 0.2) is 18.2 Å². The van der Waals surface area contributed by atoms with Gasteiger partial charge in [-0.2, -0.15) is 0 Å². The molecular weight excluding hydrogens is 315 g/mol. The molecule has 0 aliphatic heterocycles. The highest BCUT2D eigenvalue weighted by Gasteiger charge is 2.19. The highest BCUT2D eigenvalue weighted by atomic mass is 35.5. The molecule has 0 aliphatic carbocycles. The lowest BCUT2D eigenvalue weighted by atomic mass is 10.1. The molecule has 1 rings (SSSR count). The van der Waals surface area contributed by atoms with Crippen LogP contribution in [0.1, 0.15) is 5.56 Å². The topological polar surface area (TPSA) is 60.9 Å². The predicted molar refractivity (Wildman–Crippen MR) is 82.9 cm³/mol. The standard InChI is InChI=1S/C14H18Cl2N2O3/c1-17(2)6-7-18(9-14(20)21)13(19)8-10-11(15)4-3-5-12(10)16/h3-5H,6-9H2,1-2H3,(H,20,21). The number of carboxylic acid groups (broad SMARTS) is 1. The molecule has 1 N–H and O–H groups in total. The smallest absolute Gasteiger partial charge is 0.323 e. The predicted octanol–water partition coefficient (Wildman–Crippen LogP) is 2.01. The van der Waals surface area contributed by atoms with Gasteiger partial charge in [-0.3, -0.25) is 9.59 Å². The van der Waals surface area contributed by atoms with Crippen LogP contribution in [0.25, 0.3) is 0 Å². The van der Waals surface area contributed by atoms with E-state index in [9.17, 15) is 9.59 Å². The number of nitrogens with zero attached hydrogens (tertiary/aromatic N) is 2. The number of amides is 1. The third-order valence-electron chi connectivity index (χ3n) is 2.89. The lowest BCUT2D eigenvalue weighted by Crippen LogP contribution is -2.40. The second-order valence-electron chi connectivity index (χ2n) is 4.89. The molecule has 0 aromatic heterocycles. The number of hydrogen-bond acceptors (Lipinski definition) is 3. The summed E-state index contributed by atoms with van der Waals surface area (Å²) in [5.41, 5.74) is 0.520. The summed E-state index contributed by atoms with van der Waals surface area (Å²) < 4.78 is 0. The third-order valence-corrected chi connectivity index (χ3v) is 3.59. The number of hydrogen-bond donors (Lipinski definition) is 1. The molecule has 0 saturated heterocycles. The fourth-order valence-electron chi connectivity index (χ4n) is 1.74. The molecule has 1 aromatic rings. The van der Waals surface area contributed by atoms with Gasteiger partial charge in [-0.15, -0.1) is 0 Å². The maximum Gasteiger partial charge on any atom is 0.323 e. The Morgan fingerprint density at radius 1 is 1.14 bits per heavy atom. The summed E-state index contributed by atoms with van der Waals surface area (Å²) in [6.45, 7) is 0.574. The highest BCUT2D eigenvalue weighted by molar-refractivity contribution is 6.36. The molecule has 7 heteroatoms. The van der Waals surface area contributed by atoms with Gasteiger partial charge in [0.25, 0.3) is 0 Å². The number of likely N-dealkylation sites (N-methyl/N-ethyl adjacent to an activating group) is 1. The number of benzene rings is 1. The zero-order chi connectivity index (χ0) is 16.0. The Balaban J connectivity index is 2.82. The molecule has 0 saturated carbocycles. The van der Waals surface area contributed by atoms with Crippen molar-refractivity contribution in [3.05, 3.63) is 33.8 Å². The van der Waals surface area contributed by atoms with Crippen LogP contribution in [0, 0.1) is 0 Å². The van der Waals surface area contributed by atoms with Crippen LogP contribution in [0.2, 0.25) is 10.0 Å². The van der Waals surface area contributed by atoms with Crippen LogP contribution in [0.5, 0.6) is 0 Å². The summed E-state index contributed by atoms with van der Waals surface area (Å²) in [5.74, 6) is -1.36. The normalized spacial score (nSPS) is 10.7. The Bertz CT molecular complexity index is 501. The molecular formula is C14H18Cl2N2O3. The molecule has 0 fully saturated rings. The molecule has 5 nitrogen and oxygen atoms in total. The summed E-state index contributed by atoms with van der Waals surface area (Å²) in [7, 11) is 3.71. The quantitative estimate of drug-likeness (QED) is 0.829. The van der Waals surface area contributed by atoms with Crippen molar-refractivity contribution in [1.82, 2.24) is 9.80 Å². The van der Waals surface area contributed by atoms with Gasteiger partial charge in [0.2, 0.25) is 5.91 Å². The minimum absolute atomic E-state index is 0.0147. The van der Waals surface area contributed by atoms with Gasteiger partial charge in [0.15, 0.2) is 0 Å². The number of halogens is 2. The van der Waals surface area contributed by atoms with E-state index >= 15 is 0 Å². The average molecular weight is 333 g/mol. The van der Waals surface area contributed by atoms with Gasteiger partial charge in [0.1, 0.15) is 6.54 Å². The van der Waals surface area contributed by atoms with E-state index in [2.05, 4.69) is 0 Å². The van der Waals surface area contributed by atoms with E-state index in [4.69, 9.17) is 28.3 Å². The third kappa shape index (κ3) is 5.91. The van der Waals surface area contributed by atoms with Crippen molar-refractivity contribution in [2.24, 2.45) is 0 Å². The Morgan fingerprint density at radius 2 is 1.71 bits per heavy atom. The summed E-state index contributed by atoms with van der Waals surface area (Å²) in [4.78, 5) is 26.4. The van der Waals surface area contributed by atoms with Crippen molar-refractivity contribution in [3.8, 4) is 0 Å². The zero-order valence-corrected chi connectivity index (χ0v) is 13.5. The Labute approximate surface area is 134 Å². The first kappa shape index (κ1) is 17.8. The Hall–Kier alpha value is -1.30. The van der Waals surface area contributed by atoms with Gasteiger partial charge in [0, 0.05) is 23.1 Å². The van der Waals surface area contributed by atoms with Crippen LogP contribution >= 0.6 is 23.2 Å². The van der Waals surface area contributed by atoms with E-state index in [1.807, 2.05) is 19.0 Å². The first-order valence-electron chi connectivity index (χ1n) is 6.38. The molecule has 0 radical (unpaired) electrons. The summed E-state index contributed by atoms with van der Waals surface area (Å²) >= 11 is 12.1. The van der Waals surface area contributed by atoms with Crippen molar-refractivity contribution in [1.29, 1.82) is 0 Å². The van der Waals surface area contributed by atoms with Gasteiger partial charge in [-0.25, -0.2) is 0 Å². The fraction of sp³-hybridized carbons (Fsp3) is 0.429. The van der Waals surface area contributed by atoms with Crippen LogP contribution in [-0.2, 0) is 16.0 Å². The molecule has 0 heterocycles. The number of rotatable bonds is 7. The minimum Gasteiger partial charge on any atom is -0.480 e. The number of aliphatic carboxylic acids is 1. The van der Waals surface area contributed by atoms with Crippen LogP contribution in [0.4, 0.5) is 0 Å². The van der Waals surface area contributed by atoms with E-state index in [0.717, 1.165) is 0 Å². The van der Waals surface area contributed by atoms with Crippen molar-refractivity contribution >= 4 is 35.1 Å². The van der Waals surface area contributed by atoms with Gasteiger partial charge < -0.3 is 14.9 Å².